The molecule has 1 amide bonds. The predicted molar refractivity (Wildman–Crippen MR) is 105 cm³/mol. The van der Waals surface area contributed by atoms with Crippen molar-refractivity contribution in [2.24, 2.45) is 0 Å². The number of nitrogens with zero attached hydrogens (tertiary/aromatic N) is 2. The van der Waals surface area contributed by atoms with Gasteiger partial charge in [0.05, 0.1) is 0 Å². The number of aryl methyl sites for hydroxylation is 1. The molecule has 0 aromatic heterocycles. The number of fused-ring (bicyclic) bond motifs is 1. The molecule has 0 unspecified atom stereocenters. The standard InChI is InChI=1S/C23H27FN2O/c24-22-9-4-2-7-20(22)17-25-12-5-13-26(15-14-25)23(27)16-19-11-10-18-6-1-3-8-21(18)19/h1-4,6-9,19H,5,10-17H2/t19-/m1/s1. The third-order valence-electron chi connectivity index (χ3n) is 5.97. The van der Waals surface area contributed by atoms with Gasteiger partial charge < -0.3 is 4.90 Å². The van der Waals surface area contributed by atoms with Gasteiger partial charge in [0.1, 0.15) is 5.82 Å². The highest BCUT2D eigenvalue weighted by Gasteiger charge is 2.27. The van der Waals surface area contributed by atoms with Gasteiger partial charge in [-0.2, -0.15) is 0 Å². The Balaban J connectivity index is 1.33. The number of benzene rings is 2. The maximum Gasteiger partial charge on any atom is 0.223 e. The van der Waals surface area contributed by atoms with E-state index in [0.29, 0.717) is 18.9 Å². The van der Waals surface area contributed by atoms with Crippen molar-refractivity contribution >= 4 is 5.91 Å². The van der Waals surface area contributed by atoms with Crippen molar-refractivity contribution < 1.29 is 9.18 Å². The third-order valence-corrected chi connectivity index (χ3v) is 5.97. The monoisotopic (exact) mass is 366 g/mol. The first-order chi connectivity index (χ1) is 13.2. The van der Waals surface area contributed by atoms with Crippen molar-refractivity contribution in [3.05, 3.63) is 71.0 Å². The van der Waals surface area contributed by atoms with Gasteiger partial charge in [-0.05, 0) is 42.4 Å². The topological polar surface area (TPSA) is 23.6 Å². The Bertz CT molecular complexity index is 806. The van der Waals surface area contributed by atoms with Crippen LogP contribution in [0.4, 0.5) is 4.39 Å². The highest BCUT2D eigenvalue weighted by atomic mass is 19.1. The van der Waals surface area contributed by atoms with Crippen LogP contribution in [0.15, 0.2) is 48.5 Å². The average molecular weight is 366 g/mol. The molecule has 1 aliphatic heterocycles. The highest BCUT2D eigenvalue weighted by Crippen LogP contribution is 2.35. The number of hydrogen-bond acceptors (Lipinski definition) is 2. The molecule has 142 valence electrons. The summed E-state index contributed by atoms with van der Waals surface area (Å²) in [5.74, 6) is 0.491. The second kappa shape index (κ2) is 8.22. The van der Waals surface area contributed by atoms with Crippen LogP contribution in [0.2, 0.25) is 0 Å². The Morgan fingerprint density at radius 1 is 1.00 bits per heavy atom. The molecule has 0 spiro atoms. The summed E-state index contributed by atoms with van der Waals surface area (Å²) in [5, 5.41) is 0. The van der Waals surface area contributed by atoms with Crippen LogP contribution in [0.25, 0.3) is 0 Å². The Hall–Kier alpha value is -2.20. The molecule has 2 aliphatic rings. The molecule has 1 aliphatic carbocycles. The van der Waals surface area contributed by atoms with Gasteiger partial charge >= 0.3 is 0 Å². The van der Waals surface area contributed by atoms with Gasteiger partial charge in [-0.25, -0.2) is 4.39 Å². The second-order valence-corrected chi connectivity index (χ2v) is 7.74. The van der Waals surface area contributed by atoms with Crippen LogP contribution in [-0.2, 0) is 17.8 Å². The predicted octanol–water partition coefficient (Wildman–Crippen LogP) is 3.98. The van der Waals surface area contributed by atoms with Crippen LogP contribution in [0, 0.1) is 5.82 Å². The molecule has 0 radical (unpaired) electrons. The molecular formula is C23H27FN2O. The summed E-state index contributed by atoms with van der Waals surface area (Å²) in [5.41, 5.74) is 3.50. The van der Waals surface area contributed by atoms with Gasteiger partial charge in [0.2, 0.25) is 5.91 Å². The van der Waals surface area contributed by atoms with Crippen molar-refractivity contribution in [3.8, 4) is 0 Å². The quantitative estimate of drug-likeness (QED) is 0.817. The minimum absolute atomic E-state index is 0.144. The van der Waals surface area contributed by atoms with Crippen LogP contribution in [0.3, 0.4) is 0 Å². The Kier molecular flexibility index (Phi) is 5.53. The molecule has 0 N–H and O–H groups in total. The van der Waals surface area contributed by atoms with E-state index in [0.717, 1.165) is 51.0 Å². The lowest BCUT2D eigenvalue weighted by Gasteiger charge is -2.23. The molecular weight excluding hydrogens is 339 g/mol. The largest absolute Gasteiger partial charge is 0.341 e. The Labute approximate surface area is 160 Å². The van der Waals surface area contributed by atoms with Crippen LogP contribution in [-0.4, -0.2) is 41.9 Å². The lowest BCUT2D eigenvalue weighted by molar-refractivity contribution is -0.131. The zero-order chi connectivity index (χ0) is 18.6. The molecule has 4 rings (SSSR count). The zero-order valence-electron chi connectivity index (χ0n) is 15.7. The van der Waals surface area contributed by atoms with E-state index in [9.17, 15) is 9.18 Å². The van der Waals surface area contributed by atoms with E-state index in [1.54, 1.807) is 6.07 Å². The Morgan fingerprint density at radius 2 is 1.81 bits per heavy atom. The molecule has 2 aromatic rings. The van der Waals surface area contributed by atoms with E-state index < -0.39 is 0 Å². The highest BCUT2D eigenvalue weighted by molar-refractivity contribution is 5.77. The summed E-state index contributed by atoms with van der Waals surface area (Å²) < 4.78 is 13.9. The summed E-state index contributed by atoms with van der Waals surface area (Å²) in [6.07, 6.45) is 3.73. The lowest BCUT2D eigenvalue weighted by atomic mass is 9.97. The summed E-state index contributed by atoms with van der Waals surface area (Å²) in [6.45, 7) is 3.87. The van der Waals surface area contributed by atoms with Crippen LogP contribution in [0.5, 0.6) is 0 Å². The average Bonchev–Trinajstić information content (AvgIpc) is 2.93. The molecule has 3 nitrogen and oxygen atoms in total. The van der Waals surface area contributed by atoms with Gasteiger partial charge in [0.15, 0.2) is 0 Å². The number of hydrogen-bond donors (Lipinski definition) is 0. The number of carbonyl (C=O) groups is 1. The summed E-state index contributed by atoms with van der Waals surface area (Å²) in [6, 6.07) is 15.5. The van der Waals surface area contributed by atoms with E-state index in [2.05, 4.69) is 29.2 Å². The SMILES string of the molecule is O=C(C[C@H]1CCc2ccccc21)N1CCCN(Cc2ccccc2F)CC1. The fraction of sp³-hybridized carbons (Fsp3) is 0.435. The first-order valence-electron chi connectivity index (χ1n) is 10.0. The van der Waals surface area contributed by atoms with Crippen molar-refractivity contribution in [2.45, 2.75) is 38.1 Å². The molecule has 1 fully saturated rings. The van der Waals surface area contributed by atoms with Gasteiger partial charge in [-0.1, -0.05) is 42.5 Å². The molecule has 27 heavy (non-hydrogen) atoms. The second-order valence-electron chi connectivity index (χ2n) is 7.74. The molecule has 0 saturated carbocycles. The maximum absolute atomic E-state index is 13.9. The van der Waals surface area contributed by atoms with Gasteiger partial charge in [0.25, 0.3) is 0 Å². The minimum Gasteiger partial charge on any atom is -0.341 e. The van der Waals surface area contributed by atoms with E-state index in [1.165, 1.54) is 17.2 Å². The summed E-state index contributed by atoms with van der Waals surface area (Å²) in [7, 11) is 0. The smallest absolute Gasteiger partial charge is 0.223 e. The van der Waals surface area contributed by atoms with Crippen molar-refractivity contribution in [1.29, 1.82) is 0 Å². The van der Waals surface area contributed by atoms with Crippen LogP contribution >= 0.6 is 0 Å². The van der Waals surface area contributed by atoms with Crippen molar-refractivity contribution in [3.63, 3.8) is 0 Å². The number of rotatable bonds is 4. The van der Waals surface area contributed by atoms with Crippen LogP contribution in [0.1, 0.15) is 41.9 Å². The Morgan fingerprint density at radius 3 is 2.70 bits per heavy atom. The van der Waals surface area contributed by atoms with E-state index >= 15 is 0 Å². The minimum atomic E-state index is -0.144. The molecule has 1 saturated heterocycles. The first-order valence-corrected chi connectivity index (χ1v) is 10.0. The van der Waals surface area contributed by atoms with Crippen LogP contribution < -0.4 is 0 Å². The number of amides is 1. The maximum atomic E-state index is 13.9. The van der Waals surface area contributed by atoms with E-state index in [4.69, 9.17) is 0 Å². The summed E-state index contributed by atoms with van der Waals surface area (Å²) in [4.78, 5) is 17.2. The zero-order valence-corrected chi connectivity index (χ0v) is 15.7. The van der Waals surface area contributed by atoms with Gasteiger partial charge in [0, 0.05) is 44.7 Å². The summed E-state index contributed by atoms with van der Waals surface area (Å²) >= 11 is 0. The van der Waals surface area contributed by atoms with E-state index in [-0.39, 0.29) is 11.7 Å². The fourth-order valence-corrected chi connectivity index (χ4v) is 4.44. The number of carbonyl (C=O) groups excluding carboxylic acids is 1. The molecule has 2 aromatic carbocycles. The van der Waals surface area contributed by atoms with E-state index in [1.807, 2.05) is 17.0 Å². The van der Waals surface area contributed by atoms with Gasteiger partial charge in [-0.3, -0.25) is 9.69 Å². The lowest BCUT2D eigenvalue weighted by Crippen LogP contribution is -2.35. The van der Waals surface area contributed by atoms with Crippen molar-refractivity contribution in [1.82, 2.24) is 9.80 Å². The third kappa shape index (κ3) is 4.22. The number of halogens is 1. The molecule has 1 heterocycles. The molecule has 0 bridgehead atoms. The fourth-order valence-electron chi connectivity index (χ4n) is 4.44. The first kappa shape index (κ1) is 18.2. The molecule has 4 heteroatoms. The van der Waals surface area contributed by atoms with Gasteiger partial charge in [-0.15, -0.1) is 0 Å². The van der Waals surface area contributed by atoms with Crippen molar-refractivity contribution in [2.75, 3.05) is 26.2 Å². The normalized spacial score (nSPS) is 20.3. The molecule has 1 atom stereocenters.